The fraction of sp³-hybridized carbons (Fsp3) is 0.412. The Morgan fingerprint density at radius 2 is 2.00 bits per heavy atom. The highest BCUT2D eigenvalue weighted by molar-refractivity contribution is 7.88. The lowest BCUT2D eigenvalue weighted by Crippen LogP contribution is -2.44. The number of hydrogen-bond acceptors (Lipinski definition) is 7. The first kappa shape index (κ1) is 17.8. The van der Waals surface area contributed by atoms with Crippen molar-refractivity contribution < 1.29 is 8.42 Å². The van der Waals surface area contributed by atoms with Gasteiger partial charge in [0.1, 0.15) is 16.5 Å². The van der Waals surface area contributed by atoms with Gasteiger partial charge in [0.2, 0.25) is 10.0 Å². The van der Waals surface area contributed by atoms with Gasteiger partial charge in [0.25, 0.3) is 0 Å². The number of aromatic nitrogens is 2. The van der Waals surface area contributed by atoms with Gasteiger partial charge in [-0.3, -0.25) is 0 Å². The first-order chi connectivity index (χ1) is 12.4. The molecule has 0 atom stereocenters. The second kappa shape index (κ2) is 6.88. The van der Waals surface area contributed by atoms with Gasteiger partial charge in [-0.05, 0) is 31.2 Å². The number of rotatable bonds is 4. The van der Waals surface area contributed by atoms with Crippen LogP contribution in [0.15, 0.2) is 22.9 Å². The highest BCUT2D eigenvalue weighted by Crippen LogP contribution is 2.40. The normalized spacial score (nSPS) is 16.5. The van der Waals surface area contributed by atoms with Crippen LogP contribution in [0, 0.1) is 6.92 Å². The molecule has 1 aliphatic rings. The van der Waals surface area contributed by atoms with Gasteiger partial charge >= 0.3 is 0 Å². The van der Waals surface area contributed by atoms with E-state index in [1.807, 2.05) is 6.92 Å². The van der Waals surface area contributed by atoms with Gasteiger partial charge in [0.05, 0.1) is 11.6 Å². The molecule has 26 heavy (non-hydrogen) atoms. The molecule has 0 amide bonds. The molecule has 0 spiro atoms. The quantitative estimate of drug-likeness (QED) is 0.717. The van der Waals surface area contributed by atoms with E-state index in [9.17, 15) is 8.42 Å². The van der Waals surface area contributed by atoms with E-state index in [2.05, 4.69) is 37.5 Å². The first-order valence-electron chi connectivity index (χ1n) is 8.43. The van der Waals surface area contributed by atoms with E-state index in [0.29, 0.717) is 0 Å². The molecule has 1 N–H and O–H groups in total. The van der Waals surface area contributed by atoms with Crippen LogP contribution in [0.25, 0.3) is 20.7 Å². The maximum Gasteiger partial charge on any atom is 0.208 e. The molecule has 4 heterocycles. The van der Waals surface area contributed by atoms with Crippen molar-refractivity contribution in [3.8, 4) is 10.4 Å². The van der Waals surface area contributed by atoms with Crippen LogP contribution in [0.3, 0.4) is 0 Å². The predicted octanol–water partition coefficient (Wildman–Crippen LogP) is 3.25. The van der Waals surface area contributed by atoms with Gasteiger partial charge in [-0.2, -0.15) is 0 Å². The van der Waals surface area contributed by atoms with Crippen LogP contribution < -0.4 is 9.62 Å². The second-order valence-electron chi connectivity index (χ2n) is 6.55. The third-order valence-electron chi connectivity index (χ3n) is 4.49. The topological polar surface area (TPSA) is 75.2 Å². The number of anilines is 1. The lowest BCUT2D eigenvalue weighted by atomic mass is 10.1. The van der Waals surface area contributed by atoms with Gasteiger partial charge in [-0.1, -0.05) is 6.07 Å². The summed E-state index contributed by atoms with van der Waals surface area (Å²) in [5.74, 6) is 1.73. The molecule has 3 aromatic rings. The molecule has 9 heteroatoms. The number of fused-ring (bicyclic) bond motifs is 1. The molecule has 0 saturated carbocycles. The van der Waals surface area contributed by atoms with Crippen molar-refractivity contribution in [2.45, 2.75) is 25.8 Å². The van der Waals surface area contributed by atoms with Crippen molar-refractivity contribution in [3.63, 3.8) is 0 Å². The zero-order chi connectivity index (χ0) is 18.3. The molecular weight excluding hydrogens is 388 g/mol. The number of thiophene rings is 2. The van der Waals surface area contributed by atoms with Crippen molar-refractivity contribution >= 4 is 48.7 Å². The largest absolute Gasteiger partial charge is 0.356 e. The molecule has 0 unspecified atom stereocenters. The second-order valence-corrected chi connectivity index (χ2v) is 10.1. The number of nitrogens with zero attached hydrogens (tertiary/aromatic N) is 3. The molecule has 0 aromatic carbocycles. The van der Waals surface area contributed by atoms with Gasteiger partial charge in [-0.25, -0.2) is 23.1 Å². The van der Waals surface area contributed by atoms with Crippen LogP contribution in [-0.4, -0.2) is 43.8 Å². The summed E-state index contributed by atoms with van der Waals surface area (Å²) in [5.41, 5.74) is 1.19. The molecule has 0 bridgehead atoms. The molecule has 4 rings (SSSR count). The fourth-order valence-corrected chi connectivity index (χ4v) is 6.02. The third kappa shape index (κ3) is 3.62. The average molecular weight is 409 g/mol. The first-order valence-corrected chi connectivity index (χ1v) is 12.1. The summed E-state index contributed by atoms with van der Waals surface area (Å²) < 4.78 is 25.7. The zero-order valence-corrected chi connectivity index (χ0v) is 17.0. The van der Waals surface area contributed by atoms with Crippen molar-refractivity contribution in [1.29, 1.82) is 0 Å². The van der Waals surface area contributed by atoms with Crippen molar-refractivity contribution in [2.24, 2.45) is 0 Å². The summed E-state index contributed by atoms with van der Waals surface area (Å²) in [6, 6.07) is 4.18. The van der Waals surface area contributed by atoms with Crippen molar-refractivity contribution in [3.05, 3.63) is 28.7 Å². The molecule has 0 aliphatic carbocycles. The summed E-state index contributed by atoms with van der Waals surface area (Å²) >= 11 is 3.37. The highest BCUT2D eigenvalue weighted by Gasteiger charge is 2.25. The molecular formula is C17H20N4O2S3. The van der Waals surface area contributed by atoms with Crippen LogP contribution in [0.2, 0.25) is 0 Å². The minimum atomic E-state index is -3.17. The Morgan fingerprint density at radius 1 is 1.23 bits per heavy atom. The summed E-state index contributed by atoms with van der Waals surface area (Å²) in [6.45, 7) is 3.47. The Bertz CT molecular complexity index is 1020. The molecule has 6 nitrogen and oxygen atoms in total. The van der Waals surface area contributed by atoms with Gasteiger partial charge < -0.3 is 4.90 Å². The number of sulfonamides is 1. The summed E-state index contributed by atoms with van der Waals surface area (Å²) in [4.78, 5) is 13.9. The van der Waals surface area contributed by atoms with Crippen LogP contribution in [0.1, 0.15) is 18.7 Å². The molecule has 138 valence electrons. The molecule has 1 aliphatic heterocycles. The maximum absolute atomic E-state index is 11.5. The number of nitrogens with one attached hydrogen (secondary N) is 1. The van der Waals surface area contributed by atoms with Gasteiger partial charge in [0.15, 0.2) is 0 Å². The lowest BCUT2D eigenvalue weighted by molar-refractivity contribution is 0.460. The molecule has 3 aromatic heterocycles. The number of aryl methyl sites for hydroxylation is 1. The Kier molecular flexibility index (Phi) is 4.72. The van der Waals surface area contributed by atoms with E-state index >= 15 is 0 Å². The molecule has 1 saturated heterocycles. The van der Waals surface area contributed by atoms with E-state index in [-0.39, 0.29) is 6.04 Å². The minimum Gasteiger partial charge on any atom is -0.356 e. The van der Waals surface area contributed by atoms with Crippen molar-refractivity contribution in [2.75, 3.05) is 24.2 Å². The average Bonchev–Trinajstić information content (AvgIpc) is 3.22. The third-order valence-corrected chi connectivity index (χ3v) is 7.02. The van der Waals surface area contributed by atoms with E-state index in [0.717, 1.165) is 47.8 Å². The molecule has 1 fully saturated rings. The van der Waals surface area contributed by atoms with E-state index in [4.69, 9.17) is 4.98 Å². The minimum absolute atomic E-state index is 0.00100. The summed E-state index contributed by atoms with van der Waals surface area (Å²) in [5, 5.41) is 5.35. The zero-order valence-electron chi connectivity index (χ0n) is 14.6. The predicted molar refractivity (Wildman–Crippen MR) is 109 cm³/mol. The monoisotopic (exact) mass is 408 g/mol. The summed E-state index contributed by atoms with van der Waals surface area (Å²) in [6.07, 6.45) is 2.77. The number of hydrogen-bond donors (Lipinski definition) is 1. The Morgan fingerprint density at radius 3 is 2.65 bits per heavy atom. The van der Waals surface area contributed by atoms with Crippen LogP contribution in [0.4, 0.5) is 5.82 Å². The van der Waals surface area contributed by atoms with E-state index < -0.39 is 10.0 Å². The fourth-order valence-electron chi connectivity index (χ4n) is 3.38. The van der Waals surface area contributed by atoms with Crippen LogP contribution in [0.5, 0.6) is 0 Å². The Labute approximate surface area is 161 Å². The van der Waals surface area contributed by atoms with Gasteiger partial charge in [-0.15, -0.1) is 22.7 Å². The standard InChI is InChI=1S/C17H20N4O2S3/c1-11-18-16(21-7-5-12(6-8-21)20-26(2,22)23)15-13(10-25-17(15)19-11)14-4-3-9-24-14/h3-4,9-10,12,20H,5-8H2,1-2H3. The van der Waals surface area contributed by atoms with E-state index in [1.165, 1.54) is 16.7 Å². The number of piperidine rings is 1. The van der Waals surface area contributed by atoms with Crippen LogP contribution >= 0.6 is 22.7 Å². The van der Waals surface area contributed by atoms with Crippen LogP contribution in [-0.2, 0) is 10.0 Å². The maximum atomic E-state index is 11.5. The Hall–Kier alpha value is -1.55. The lowest BCUT2D eigenvalue weighted by Gasteiger charge is -2.33. The van der Waals surface area contributed by atoms with E-state index in [1.54, 1.807) is 22.7 Å². The molecule has 0 radical (unpaired) electrons. The smallest absolute Gasteiger partial charge is 0.208 e. The van der Waals surface area contributed by atoms with Gasteiger partial charge in [0, 0.05) is 35.0 Å². The Balaban J connectivity index is 1.68. The SMILES string of the molecule is Cc1nc(N2CCC(NS(C)(=O)=O)CC2)c2c(-c3cccs3)csc2n1. The highest BCUT2D eigenvalue weighted by atomic mass is 32.2. The van der Waals surface area contributed by atoms with Crippen molar-refractivity contribution in [1.82, 2.24) is 14.7 Å². The summed E-state index contributed by atoms with van der Waals surface area (Å²) in [7, 11) is -3.17.